The van der Waals surface area contributed by atoms with Gasteiger partial charge in [0.2, 0.25) is 5.69 Å². The molecule has 1 aromatic carbocycles. The average molecular weight is 523 g/mol. The molecule has 7 nitrogen and oxygen atoms in total. The third-order valence-electron chi connectivity index (χ3n) is 6.22. The molecule has 0 fully saturated rings. The lowest BCUT2D eigenvalue weighted by atomic mass is 9.81. The first-order valence-electron chi connectivity index (χ1n) is 12.1. The second-order valence-electron chi connectivity index (χ2n) is 9.39. The van der Waals surface area contributed by atoms with Crippen LogP contribution in [0.1, 0.15) is 71.8 Å². The average Bonchev–Trinajstić information content (AvgIpc) is 3.01. The quantitative estimate of drug-likeness (QED) is 0.270. The highest BCUT2D eigenvalue weighted by atomic mass is 32.2. The van der Waals surface area contributed by atoms with Crippen molar-refractivity contribution in [2.24, 2.45) is 5.73 Å². The molecule has 194 valence electrons. The van der Waals surface area contributed by atoms with Gasteiger partial charge in [0.05, 0.1) is 11.2 Å². The highest BCUT2D eigenvalue weighted by molar-refractivity contribution is 7.85. The summed E-state index contributed by atoms with van der Waals surface area (Å²) in [7, 11) is -3.69. The van der Waals surface area contributed by atoms with Crippen molar-refractivity contribution in [1.82, 2.24) is 0 Å². The summed E-state index contributed by atoms with van der Waals surface area (Å²) in [5.74, 6) is -0.108. The molecule has 1 aliphatic heterocycles. The number of allylic oxidation sites excluding steroid dienone is 6. The maximum Gasteiger partial charge on any atom is 0.264 e. The number of nitrogens with two attached hydrogens (primary N) is 1. The Morgan fingerprint density at radius 2 is 1.83 bits per heavy atom. The Hall–Kier alpha value is -2.07. The molecular formula is C26H38N2O5S2. The number of nitrogens with zero attached hydrogens (tertiary/aromatic N) is 1. The minimum absolute atomic E-state index is 0.108. The molecule has 0 saturated carbocycles. The maximum atomic E-state index is 11.4. The standard InChI is InChI=1S/C22H28N2O2S.C4H10O3S/c1-4-5-14-24-20-12-11-18(27(25)26)15-19(20)22(2,3)21(24)13-8-16-6-9-17(23)10-7-16;1-2-3-4-8(5,6)7/h6,8-9,11-13,15,23H,4-5,7,10,14H2,1-3H3,(H,25,26);2-4H2,1H3,(H,5,6,7). The maximum absolute atomic E-state index is 11.4. The van der Waals surface area contributed by atoms with Crippen LogP contribution in [0.2, 0.25) is 0 Å². The summed E-state index contributed by atoms with van der Waals surface area (Å²) < 4.78 is 53.3. The van der Waals surface area contributed by atoms with E-state index in [0.717, 1.165) is 55.6 Å². The summed E-state index contributed by atoms with van der Waals surface area (Å²) in [6, 6.07) is 5.46. The van der Waals surface area contributed by atoms with Crippen LogP contribution in [0.3, 0.4) is 0 Å². The first-order valence-corrected chi connectivity index (χ1v) is 14.8. The molecule has 0 bridgehead atoms. The Bertz CT molecular complexity index is 1160. The van der Waals surface area contributed by atoms with Crippen LogP contribution in [0.15, 0.2) is 58.7 Å². The van der Waals surface area contributed by atoms with Crippen molar-refractivity contribution in [2.75, 3.05) is 12.3 Å². The molecule has 0 aromatic heterocycles. The monoisotopic (exact) mass is 522 g/mol. The molecule has 3 N–H and O–H groups in total. The first-order chi connectivity index (χ1) is 16.4. The second kappa shape index (κ2) is 12.8. The van der Waals surface area contributed by atoms with Crippen LogP contribution in [0.4, 0.5) is 5.69 Å². The van der Waals surface area contributed by atoms with Crippen molar-refractivity contribution in [1.29, 1.82) is 0 Å². The molecule has 1 unspecified atom stereocenters. The zero-order valence-electron chi connectivity index (χ0n) is 21.1. The van der Waals surface area contributed by atoms with E-state index < -0.39 is 21.2 Å². The van der Waals surface area contributed by atoms with Crippen molar-refractivity contribution < 1.29 is 26.3 Å². The van der Waals surface area contributed by atoms with Crippen molar-refractivity contribution in [2.45, 2.75) is 76.5 Å². The molecule has 1 aliphatic carbocycles. The molecule has 1 heterocycles. The van der Waals surface area contributed by atoms with Gasteiger partial charge in [0.15, 0.2) is 5.71 Å². The van der Waals surface area contributed by atoms with Gasteiger partial charge in [-0.3, -0.25) is 8.76 Å². The van der Waals surface area contributed by atoms with E-state index in [4.69, 9.17) is 10.3 Å². The van der Waals surface area contributed by atoms with Crippen LogP contribution in [0.5, 0.6) is 0 Å². The van der Waals surface area contributed by atoms with E-state index in [2.05, 4.69) is 43.6 Å². The second-order valence-corrected chi connectivity index (χ2v) is 11.9. The Morgan fingerprint density at radius 3 is 2.34 bits per heavy atom. The zero-order valence-corrected chi connectivity index (χ0v) is 22.8. The molecule has 0 saturated heterocycles. The fourth-order valence-electron chi connectivity index (χ4n) is 4.14. The number of hydrogen-bond acceptors (Lipinski definition) is 5. The topological polar surface area (TPSA) is 124 Å². The zero-order chi connectivity index (χ0) is 26.2. The van der Waals surface area contributed by atoms with Gasteiger partial charge in [0.1, 0.15) is 6.54 Å². The van der Waals surface area contributed by atoms with Gasteiger partial charge in [-0.2, -0.15) is 13.0 Å². The van der Waals surface area contributed by atoms with E-state index in [0.29, 0.717) is 11.3 Å². The summed E-state index contributed by atoms with van der Waals surface area (Å²) in [5, 5.41) is 0. The van der Waals surface area contributed by atoms with Gasteiger partial charge in [-0.1, -0.05) is 38.8 Å². The summed E-state index contributed by atoms with van der Waals surface area (Å²) in [6.07, 6.45) is 13.8. The Labute approximate surface area is 212 Å². The molecule has 2 aliphatic rings. The third-order valence-corrected chi connectivity index (χ3v) is 7.66. The number of fused-ring (bicyclic) bond motifs is 1. The molecule has 0 spiro atoms. The fraction of sp³-hybridized carbons (Fsp3) is 0.500. The first kappa shape index (κ1) is 29.2. The van der Waals surface area contributed by atoms with Gasteiger partial charge in [-0.25, -0.2) is 0 Å². The molecule has 1 atom stereocenters. The largest absolute Gasteiger partial charge is 0.768 e. The summed E-state index contributed by atoms with van der Waals surface area (Å²) in [6.45, 7) is 9.32. The van der Waals surface area contributed by atoms with E-state index in [-0.39, 0.29) is 11.2 Å². The number of hydrogen-bond donors (Lipinski definition) is 2. The van der Waals surface area contributed by atoms with Crippen LogP contribution < -0.4 is 5.73 Å². The summed E-state index contributed by atoms with van der Waals surface area (Å²) in [4.78, 5) is 0.345. The van der Waals surface area contributed by atoms with Crippen LogP contribution in [-0.4, -0.2) is 44.3 Å². The van der Waals surface area contributed by atoms with E-state index in [1.807, 2.05) is 25.1 Å². The fourth-order valence-corrected chi connectivity index (χ4v) is 5.18. The molecule has 0 radical (unpaired) electrons. The van der Waals surface area contributed by atoms with Gasteiger partial charge < -0.3 is 10.3 Å². The highest BCUT2D eigenvalue weighted by Gasteiger charge is 2.44. The van der Waals surface area contributed by atoms with Crippen molar-refractivity contribution in [3.8, 4) is 0 Å². The molecular weight excluding hydrogens is 484 g/mol. The Kier molecular flexibility index (Phi) is 10.6. The normalized spacial score (nSPS) is 18.0. The van der Waals surface area contributed by atoms with E-state index in [1.165, 1.54) is 11.3 Å². The number of benzene rings is 1. The van der Waals surface area contributed by atoms with Gasteiger partial charge in [0.25, 0.3) is 10.1 Å². The molecule has 9 heteroatoms. The number of rotatable bonds is 9. The van der Waals surface area contributed by atoms with Crippen LogP contribution in [-0.2, 0) is 26.6 Å². The van der Waals surface area contributed by atoms with Gasteiger partial charge >= 0.3 is 0 Å². The minimum Gasteiger partial charge on any atom is -0.768 e. The van der Waals surface area contributed by atoms with E-state index >= 15 is 0 Å². The van der Waals surface area contributed by atoms with Gasteiger partial charge in [-0.15, -0.1) is 0 Å². The van der Waals surface area contributed by atoms with Crippen molar-refractivity contribution >= 4 is 32.6 Å². The molecule has 0 amide bonds. The summed E-state index contributed by atoms with van der Waals surface area (Å²) in [5.41, 5.74) is 11.2. The van der Waals surface area contributed by atoms with Gasteiger partial charge in [-0.05, 0) is 68.0 Å². The van der Waals surface area contributed by atoms with Crippen LogP contribution >= 0.6 is 0 Å². The summed E-state index contributed by atoms with van der Waals surface area (Å²) >= 11 is -2.22. The lowest BCUT2D eigenvalue weighted by Crippen LogP contribution is -2.28. The van der Waals surface area contributed by atoms with Crippen LogP contribution in [0, 0.1) is 0 Å². The lowest BCUT2D eigenvalue weighted by Gasteiger charge is -2.17. The smallest absolute Gasteiger partial charge is 0.264 e. The predicted molar refractivity (Wildman–Crippen MR) is 141 cm³/mol. The van der Waals surface area contributed by atoms with Crippen molar-refractivity contribution in [3.63, 3.8) is 0 Å². The SMILES string of the molecule is CCCCS(=O)(=O)O.CCCC[N+]1=C(/C=C/C2=CC=C(N)CC2)C(C)(C)c2cc(S(=O)[O-])ccc21. The third kappa shape index (κ3) is 8.24. The lowest BCUT2D eigenvalue weighted by molar-refractivity contribution is -0.438. The van der Waals surface area contributed by atoms with E-state index in [1.54, 1.807) is 6.07 Å². The molecule has 35 heavy (non-hydrogen) atoms. The van der Waals surface area contributed by atoms with Gasteiger partial charge in [0, 0.05) is 34.7 Å². The minimum atomic E-state index is -3.69. The van der Waals surface area contributed by atoms with Crippen LogP contribution in [0.25, 0.3) is 0 Å². The Balaban J connectivity index is 0.000000466. The number of unbranched alkanes of at least 4 members (excludes halogenated alkanes) is 2. The Morgan fingerprint density at radius 1 is 1.14 bits per heavy atom. The highest BCUT2D eigenvalue weighted by Crippen LogP contribution is 2.41. The van der Waals surface area contributed by atoms with Crippen molar-refractivity contribution in [3.05, 3.63) is 59.3 Å². The molecule has 1 aromatic rings. The molecule has 3 rings (SSSR count). The van der Waals surface area contributed by atoms with E-state index in [9.17, 15) is 17.2 Å². The predicted octanol–water partition coefficient (Wildman–Crippen LogP) is 4.89.